The molecule has 0 amide bonds. The molecule has 0 saturated carbocycles. The van der Waals surface area contributed by atoms with Crippen molar-refractivity contribution in [2.24, 2.45) is 5.92 Å². The van der Waals surface area contributed by atoms with Gasteiger partial charge in [0.1, 0.15) is 0 Å². The number of hydrogen-bond acceptors (Lipinski definition) is 0. The van der Waals surface area contributed by atoms with Crippen molar-refractivity contribution in [1.82, 2.24) is 0 Å². The fourth-order valence-electron chi connectivity index (χ4n) is 1.88. The number of allylic oxidation sites excluding steroid dienone is 2. The van der Waals surface area contributed by atoms with Gasteiger partial charge in [-0.25, -0.2) is 0 Å². The first-order valence-electron chi connectivity index (χ1n) is 7.42. The SMILES string of the molecule is CCCCCCCCCCC=CCC(C)C. The molecule has 0 bridgehead atoms. The smallest absolute Gasteiger partial charge is 0.0327 e. The molecule has 0 aliphatic heterocycles. The molecule has 0 aliphatic rings. The van der Waals surface area contributed by atoms with Crippen LogP contribution in [0.1, 0.15) is 85.0 Å². The fraction of sp³-hybridized carbons (Fsp3) is 0.875. The maximum absolute atomic E-state index is 2.37. The Hall–Kier alpha value is -0.260. The summed E-state index contributed by atoms with van der Waals surface area (Å²) >= 11 is 0. The van der Waals surface area contributed by atoms with E-state index in [1.54, 1.807) is 0 Å². The molecule has 0 heterocycles. The Kier molecular flexibility index (Phi) is 12.6. The summed E-state index contributed by atoms with van der Waals surface area (Å²) in [6.45, 7) is 6.84. The molecular weight excluding hydrogens is 192 g/mol. The van der Waals surface area contributed by atoms with Crippen molar-refractivity contribution in [2.45, 2.75) is 85.0 Å². The first-order chi connectivity index (χ1) is 7.77. The monoisotopic (exact) mass is 224 g/mol. The van der Waals surface area contributed by atoms with E-state index in [1.165, 1.54) is 64.2 Å². The Labute approximate surface area is 104 Å². The Morgan fingerprint density at radius 2 is 1.31 bits per heavy atom. The molecule has 0 atom stereocenters. The molecule has 0 unspecified atom stereocenters. The molecule has 0 spiro atoms. The summed E-state index contributed by atoms with van der Waals surface area (Å²) in [6, 6.07) is 0. The highest BCUT2D eigenvalue weighted by Gasteiger charge is 1.90. The molecule has 0 radical (unpaired) electrons. The van der Waals surface area contributed by atoms with Crippen molar-refractivity contribution < 1.29 is 0 Å². The lowest BCUT2D eigenvalue weighted by molar-refractivity contribution is 0.577. The van der Waals surface area contributed by atoms with Crippen molar-refractivity contribution in [3.05, 3.63) is 12.2 Å². The third kappa shape index (κ3) is 13.7. The highest BCUT2D eigenvalue weighted by Crippen LogP contribution is 2.10. The molecule has 0 aliphatic carbocycles. The third-order valence-electron chi connectivity index (χ3n) is 3.00. The van der Waals surface area contributed by atoms with Crippen molar-refractivity contribution in [3.8, 4) is 0 Å². The lowest BCUT2D eigenvalue weighted by Crippen LogP contribution is -1.82. The summed E-state index contributed by atoms with van der Waals surface area (Å²) < 4.78 is 0. The van der Waals surface area contributed by atoms with Gasteiger partial charge in [-0.2, -0.15) is 0 Å². The van der Waals surface area contributed by atoms with Gasteiger partial charge in [0.25, 0.3) is 0 Å². The Morgan fingerprint density at radius 3 is 1.88 bits per heavy atom. The van der Waals surface area contributed by atoms with E-state index >= 15 is 0 Å². The van der Waals surface area contributed by atoms with Crippen LogP contribution in [0, 0.1) is 5.92 Å². The minimum Gasteiger partial charge on any atom is -0.0885 e. The van der Waals surface area contributed by atoms with Crippen LogP contribution >= 0.6 is 0 Å². The third-order valence-corrected chi connectivity index (χ3v) is 3.00. The molecule has 0 aromatic heterocycles. The summed E-state index contributed by atoms with van der Waals surface area (Å²) in [4.78, 5) is 0. The quantitative estimate of drug-likeness (QED) is 0.293. The largest absolute Gasteiger partial charge is 0.0885 e. The van der Waals surface area contributed by atoms with E-state index in [2.05, 4.69) is 32.9 Å². The molecule has 0 aromatic carbocycles. The summed E-state index contributed by atoms with van der Waals surface area (Å²) in [7, 11) is 0. The van der Waals surface area contributed by atoms with Crippen LogP contribution in [0.3, 0.4) is 0 Å². The standard InChI is InChI=1S/C16H32/c1-4-5-6-7-8-9-10-11-12-13-14-15-16(2)3/h13-14,16H,4-12,15H2,1-3H3. The van der Waals surface area contributed by atoms with Gasteiger partial charge in [0, 0.05) is 0 Å². The van der Waals surface area contributed by atoms with E-state index in [-0.39, 0.29) is 0 Å². The predicted octanol–water partition coefficient (Wildman–Crippen LogP) is 6.12. The summed E-state index contributed by atoms with van der Waals surface area (Å²) in [6.07, 6.45) is 18.7. The van der Waals surface area contributed by atoms with Crippen LogP contribution in [-0.4, -0.2) is 0 Å². The zero-order valence-corrected chi connectivity index (χ0v) is 11.8. The molecule has 0 saturated heterocycles. The molecule has 96 valence electrons. The summed E-state index contributed by atoms with van der Waals surface area (Å²) in [5, 5.41) is 0. The average Bonchev–Trinajstić information content (AvgIpc) is 2.25. The van der Waals surface area contributed by atoms with Gasteiger partial charge < -0.3 is 0 Å². The van der Waals surface area contributed by atoms with E-state index in [9.17, 15) is 0 Å². The molecule has 16 heavy (non-hydrogen) atoms. The highest BCUT2D eigenvalue weighted by molar-refractivity contribution is 4.82. The van der Waals surface area contributed by atoms with Gasteiger partial charge in [0.05, 0.1) is 0 Å². The van der Waals surface area contributed by atoms with Gasteiger partial charge >= 0.3 is 0 Å². The predicted molar refractivity (Wildman–Crippen MR) is 75.8 cm³/mol. The molecular formula is C16H32. The zero-order valence-electron chi connectivity index (χ0n) is 11.8. The minimum absolute atomic E-state index is 0.815. The normalized spacial score (nSPS) is 11.8. The number of unbranched alkanes of at least 4 members (excludes halogenated alkanes) is 8. The van der Waals surface area contributed by atoms with Crippen LogP contribution in [0.5, 0.6) is 0 Å². The second-order valence-corrected chi connectivity index (χ2v) is 5.36. The molecule has 0 nitrogen and oxygen atoms in total. The van der Waals surface area contributed by atoms with Gasteiger partial charge in [0.15, 0.2) is 0 Å². The van der Waals surface area contributed by atoms with Crippen molar-refractivity contribution in [2.75, 3.05) is 0 Å². The van der Waals surface area contributed by atoms with Crippen LogP contribution in [0.15, 0.2) is 12.2 Å². The molecule has 0 rings (SSSR count). The van der Waals surface area contributed by atoms with E-state index < -0.39 is 0 Å². The van der Waals surface area contributed by atoms with Gasteiger partial charge in [-0.05, 0) is 25.2 Å². The van der Waals surface area contributed by atoms with Gasteiger partial charge in [-0.3, -0.25) is 0 Å². The second kappa shape index (κ2) is 12.8. The van der Waals surface area contributed by atoms with Gasteiger partial charge in [-0.1, -0.05) is 77.9 Å². The highest BCUT2D eigenvalue weighted by atomic mass is 14.0. The number of hydrogen-bond donors (Lipinski definition) is 0. The van der Waals surface area contributed by atoms with Gasteiger partial charge in [0.2, 0.25) is 0 Å². The summed E-state index contributed by atoms with van der Waals surface area (Å²) in [5.74, 6) is 0.815. The van der Waals surface area contributed by atoms with E-state index in [0.29, 0.717) is 0 Å². The van der Waals surface area contributed by atoms with Crippen LogP contribution in [0.4, 0.5) is 0 Å². The van der Waals surface area contributed by atoms with Crippen LogP contribution < -0.4 is 0 Å². The molecule has 0 N–H and O–H groups in total. The molecule has 0 heteroatoms. The van der Waals surface area contributed by atoms with Crippen molar-refractivity contribution >= 4 is 0 Å². The van der Waals surface area contributed by atoms with Crippen LogP contribution in [0.25, 0.3) is 0 Å². The van der Waals surface area contributed by atoms with Gasteiger partial charge in [-0.15, -0.1) is 0 Å². The topological polar surface area (TPSA) is 0 Å². The zero-order chi connectivity index (χ0) is 12.1. The maximum Gasteiger partial charge on any atom is -0.0327 e. The fourth-order valence-corrected chi connectivity index (χ4v) is 1.88. The Bertz CT molecular complexity index is 144. The molecule has 0 fully saturated rings. The Morgan fingerprint density at radius 1 is 0.750 bits per heavy atom. The van der Waals surface area contributed by atoms with Crippen molar-refractivity contribution in [3.63, 3.8) is 0 Å². The second-order valence-electron chi connectivity index (χ2n) is 5.36. The van der Waals surface area contributed by atoms with Crippen LogP contribution in [0.2, 0.25) is 0 Å². The molecule has 0 aromatic rings. The van der Waals surface area contributed by atoms with Crippen molar-refractivity contribution in [1.29, 1.82) is 0 Å². The van der Waals surface area contributed by atoms with E-state index in [0.717, 1.165) is 5.92 Å². The maximum atomic E-state index is 2.37. The average molecular weight is 224 g/mol. The lowest BCUT2D eigenvalue weighted by Gasteiger charge is -2.00. The first kappa shape index (κ1) is 15.7. The first-order valence-corrected chi connectivity index (χ1v) is 7.42. The van der Waals surface area contributed by atoms with E-state index in [1.807, 2.05) is 0 Å². The lowest BCUT2D eigenvalue weighted by atomic mass is 10.1. The van der Waals surface area contributed by atoms with E-state index in [4.69, 9.17) is 0 Å². The summed E-state index contributed by atoms with van der Waals surface area (Å²) in [5.41, 5.74) is 0. The minimum atomic E-state index is 0.815. The Balaban J connectivity index is 3.01. The van der Waals surface area contributed by atoms with Crippen LogP contribution in [-0.2, 0) is 0 Å². The number of rotatable bonds is 11.